The average molecular weight is 243 g/mol. The number of hydrogen-bond donors (Lipinski definition) is 0. The molecule has 0 radical (unpaired) electrons. The molecule has 1 aromatic carbocycles. The van der Waals surface area contributed by atoms with Crippen molar-refractivity contribution in [2.45, 2.75) is 39.7 Å². The molecule has 1 aromatic heterocycles. The first kappa shape index (κ1) is 13.0. The van der Waals surface area contributed by atoms with Crippen molar-refractivity contribution < 1.29 is 4.74 Å². The molecule has 2 heteroatoms. The Morgan fingerprint density at radius 3 is 2.50 bits per heavy atom. The van der Waals surface area contributed by atoms with Crippen LogP contribution in [0.1, 0.15) is 49.5 Å². The molecule has 0 N–H and O–H groups in total. The minimum absolute atomic E-state index is 0.0923. The molecule has 2 nitrogen and oxygen atoms in total. The van der Waals surface area contributed by atoms with Gasteiger partial charge in [0.05, 0.1) is 11.6 Å². The van der Waals surface area contributed by atoms with Crippen molar-refractivity contribution in [3.8, 4) is 0 Å². The van der Waals surface area contributed by atoms with E-state index in [0.717, 1.165) is 5.52 Å². The van der Waals surface area contributed by atoms with E-state index in [2.05, 4.69) is 50.9 Å². The molecule has 0 bridgehead atoms. The van der Waals surface area contributed by atoms with Gasteiger partial charge < -0.3 is 4.74 Å². The molecular weight excluding hydrogens is 222 g/mol. The van der Waals surface area contributed by atoms with Crippen LogP contribution in [0, 0.1) is 6.92 Å². The van der Waals surface area contributed by atoms with Crippen LogP contribution in [0.5, 0.6) is 0 Å². The summed E-state index contributed by atoms with van der Waals surface area (Å²) in [5, 5.41) is 1.22. The second-order valence-corrected chi connectivity index (χ2v) is 5.18. The highest BCUT2D eigenvalue weighted by atomic mass is 16.5. The Bertz CT molecular complexity index is 560. The molecule has 0 saturated carbocycles. The van der Waals surface area contributed by atoms with Crippen molar-refractivity contribution in [1.82, 2.24) is 4.98 Å². The first-order chi connectivity index (χ1) is 8.54. The van der Waals surface area contributed by atoms with E-state index in [-0.39, 0.29) is 6.10 Å². The van der Waals surface area contributed by atoms with Crippen LogP contribution in [0.3, 0.4) is 0 Å². The lowest BCUT2D eigenvalue weighted by Gasteiger charge is -2.20. The van der Waals surface area contributed by atoms with Crippen molar-refractivity contribution in [2.75, 3.05) is 7.11 Å². The van der Waals surface area contributed by atoms with Crippen LogP contribution in [-0.4, -0.2) is 12.1 Å². The Kier molecular flexibility index (Phi) is 3.67. The molecule has 96 valence electrons. The molecule has 18 heavy (non-hydrogen) atoms. The number of pyridine rings is 1. The fourth-order valence-corrected chi connectivity index (χ4v) is 2.37. The minimum Gasteiger partial charge on any atom is -0.377 e. The highest BCUT2D eigenvalue weighted by molar-refractivity contribution is 5.84. The predicted octanol–water partition coefficient (Wildman–Crippen LogP) is 4.37. The molecule has 0 fully saturated rings. The maximum absolute atomic E-state index is 5.55. The molecule has 1 unspecified atom stereocenters. The van der Waals surface area contributed by atoms with Gasteiger partial charge in [0, 0.05) is 18.7 Å². The van der Waals surface area contributed by atoms with Crippen molar-refractivity contribution in [1.29, 1.82) is 0 Å². The number of rotatable bonds is 3. The molecule has 2 aromatic rings. The summed E-state index contributed by atoms with van der Waals surface area (Å²) in [6.07, 6.45) is 2.09. The van der Waals surface area contributed by atoms with Gasteiger partial charge in [-0.1, -0.05) is 25.5 Å². The zero-order valence-electron chi connectivity index (χ0n) is 11.8. The number of methoxy groups -OCH3 is 1. The minimum atomic E-state index is 0.0923. The van der Waals surface area contributed by atoms with Gasteiger partial charge in [-0.15, -0.1) is 0 Å². The van der Waals surface area contributed by atoms with Gasteiger partial charge in [-0.25, -0.2) is 0 Å². The molecule has 0 aliphatic rings. The number of fused-ring (bicyclic) bond motifs is 1. The van der Waals surface area contributed by atoms with Gasteiger partial charge in [-0.2, -0.15) is 0 Å². The molecule has 1 atom stereocenters. The smallest absolute Gasteiger partial charge is 0.0802 e. The highest BCUT2D eigenvalue weighted by Crippen LogP contribution is 2.32. The fourth-order valence-electron chi connectivity index (χ4n) is 2.37. The van der Waals surface area contributed by atoms with Gasteiger partial charge >= 0.3 is 0 Å². The van der Waals surface area contributed by atoms with E-state index < -0.39 is 0 Å². The Labute approximate surface area is 109 Å². The maximum atomic E-state index is 5.55. The molecule has 0 aliphatic carbocycles. The van der Waals surface area contributed by atoms with Gasteiger partial charge in [0.2, 0.25) is 0 Å². The van der Waals surface area contributed by atoms with E-state index in [0.29, 0.717) is 5.92 Å². The quantitative estimate of drug-likeness (QED) is 0.798. The third-order valence-corrected chi connectivity index (χ3v) is 3.48. The van der Waals surface area contributed by atoms with E-state index >= 15 is 0 Å². The van der Waals surface area contributed by atoms with E-state index in [1.54, 1.807) is 7.11 Å². The number of aromatic nitrogens is 1. The van der Waals surface area contributed by atoms with Gasteiger partial charge in [-0.05, 0) is 43.0 Å². The molecule has 1 heterocycles. The van der Waals surface area contributed by atoms with E-state index in [1.165, 1.54) is 22.1 Å². The normalized spacial score (nSPS) is 13.2. The van der Waals surface area contributed by atoms with Crippen LogP contribution in [0.2, 0.25) is 0 Å². The predicted molar refractivity (Wildman–Crippen MR) is 76.0 cm³/mol. The molecule has 0 amide bonds. The zero-order chi connectivity index (χ0) is 13.3. The Morgan fingerprint density at radius 1 is 1.17 bits per heavy atom. The fraction of sp³-hybridized carbons (Fsp3) is 0.438. The number of ether oxygens (including phenoxy) is 1. The lowest BCUT2D eigenvalue weighted by Crippen LogP contribution is -2.05. The second kappa shape index (κ2) is 5.07. The lowest BCUT2D eigenvalue weighted by molar-refractivity contribution is 0.119. The van der Waals surface area contributed by atoms with Gasteiger partial charge in [0.1, 0.15) is 0 Å². The second-order valence-electron chi connectivity index (χ2n) is 5.18. The summed E-state index contributed by atoms with van der Waals surface area (Å²) in [5.41, 5.74) is 4.86. The number of nitrogens with zero attached hydrogens (tertiary/aromatic N) is 1. The van der Waals surface area contributed by atoms with Crippen LogP contribution >= 0.6 is 0 Å². The van der Waals surface area contributed by atoms with Crippen LogP contribution in [0.25, 0.3) is 10.9 Å². The number of benzene rings is 1. The van der Waals surface area contributed by atoms with Gasteiger partial charge in [-0.3, -0.25) is 4.98 Å². The Morgan fingerprint density at radius 2 is 1.89 bits per heavy atom. The summed E-state index contributed by atoms with van der Waals surface area (Å²) in [7, 11) is 1.76. The summed E-state index contributed by atoms with van der Waals surface area (Å²) < 4.78 is 5.55. The van der Waals surface area contributed by atoms with Crippen LogP contribution in [-0.2, 0) is 4.74 Å². The van der Waals surface area contributed by atoms with Gasteiger partial charge in [0.15, 0.2) is 0 Å². The lowest BCUT2D eigenvalue weighted by atomic mass is 9.92. The molecular formula is C16H21NO. The molecule has 0 spiro atoms. The topological polar surface area (TPSA) is 22.1 Å². The third kappa shape index (κ3) is 2.25. The van der Waals surface area contributed by atoms with E-state index in [9.17, 15) is 0 Å². The van der Waals surface area contributed by atoms with Crippen molar-refractivity contribution in [3.63, 3.8) is 0 Å². The summed E-state index contributed by atoms with van der Waals surface area (Å²) in [4.78, 5) is 4.57. The third-order valence-electron chi connectivity index (χ3n) is 3.48. The summed E-state index contributed by atoms with van der Waals surface area (Å²) in [6, 6.07) is 6.39. The monoisotopic (exact) mass is 243 g/mol. The largest absolute Gasteiger partial charge is 0.377 e. The van der Waals surface area contributed by atoms with Crippen LogP contribution in [0.4, 0.5) is 0 Å². The maximum Gasteiger partial charge on any atom is 0.0802 e. The number of aryl methyl sites for hydroxylation is 1. The zero-order valence-corrected chi connectivity index (χ0v) is 11.8. The van der Waals surface area contributed by atoms with Gasteiger partial charge in [0.25, 0.3) is 0 Å². The molecule has 2 rings (SSSR count). The standard InChI is InChI=1S/C16H21NO/c1-10(2)14-9-17-15-7-6-11(3)8-13(15)16(14)12(4)18-5/h6-10,12H,1-5H3. The van der Waals surface area contributed by atoms with Crippen molar-refractivity contribution in [2.24, 2.45) is 0 Å². The van der Waals surface area contributed by atoms with E-state index in [1.807, 2.05) is 6.20 Å². The first-order valence-electron chi connectivity index (χ1n) is 6.46. The first-order valence-corrected chi connectivity index (χ1v) is 6.46. The summed E-state index contributed by atoms with van der Waals surface area (Å²) >= 11 is 0. The molecule has 0 aliphatic heterocycles. The Hall–Kier alpha value is -1.41. The van der Waals surface area contributed by atoms with Crippen LogP contribution in [0.15, 0.2) is 24.4 Å². The van der Waals surface area contributed by atoms with Crippen molar-refractivity contribution in [3.05, 3.63) is 41.1 Å². The molecule has 0 saturated heterocycles. The summed E-state index contributed by atoms with van der Waals surface area (Å²) in [6.45, 7) is 8.61. The Balaban J connectivity index is 2.79. The van der Waals surface area contributed by atoms with Crippen molar-refractivity contribution >= 4 is 10.9 Å². The summed E-state index contributed by atoms with van der Waals surface area (Å²) in [5.74, 6) is 0.454. The van der Waals surface area contributed by atoms with E-state index in [4.69, 9.17) is 4.74 Å². The van der Waals surface area contributed by atoms with Crippen LogP contribution < -0.4 is 0 Å². The number of hydrogen-bond acceptors (Lipinski definition) is 2. The SMILES string of the molecule is COC(C)c1c(C(C)C)cnc2ccc(C)cc12. The average Bonchev–Trinajstić information content (AvgIpc) is 2.36. The highest BCUT2D eigenvalue weighted by Gasteiger charge is 2.17.